The topological polar surface area (TPSA) is 73.4 Å². The number of carbonyl (C=O) groups excluding carboxylic acids is 1. The second kappa shape index (κ2) is 4.94. The van der Waals surface area contributed by atoms with Gasteiger partial charge < -0.3 is 15.0 Å². The zero-order valence-corrected chi connectivity index (χ0v) is 11.5. The van der Waals surface area contributed by atoms with Crippen LogP contribution in [0.25, 0.3) is 0 Å². The normalized spacial score (nSPS) is 11.4. The van der Waals surface area contributed by atoms with Crippen molar-refractivity contribution in [1.82, 2.24) is 9.88 Å². The molecule has 0 bridgehead atoms. The van der Waals surface area contributed by atoms with Gasteiger partial charge in [0, 0.05) is 19.3 Å². The van der Waals surface area contributed by atoms with Gasteiger partial charge in [-0.05, 0) is 39.3 Å². The number of hydrogen-bond acceptors (Lipinski definition) is 3. The number of pyridine rings is 1. The number of aromatic nitrogens is 1. The van der Waals surface area contributed by atoms with E-state index >= 15 is 0 Å². The predicted molar refractivity (Wildman–Crippen MR) is 69.8 cm³/mol. The lowest BCUT2D eigenvalue weighted by Gasteiger charge is -2.25. The molecule has 1 aromatic rings. The minimum atomic E-state index is -0.990. The average Bonchev–Trinajstić information content (AvgIpc) is 2.12. The molecule has 1 aromatic heterocycles. The van der Waals surface area contributed by atoms with Gasteiger partial charge in [0.25, 0.3) is 11.5 Å². The van der Waals surface area contributed by atoms with Crippen LogP contribution in [0.4, 0.5) is 0 Å². The average molecular weight is 252 g/mol. The molecule has 0 saturated heterocycles. The van der Waals surface area contributed by atoms with E-state index in [2.05, 4.69) is 4.98 Å². The van der Waals surface area contributed by atoms with Crippen LogP contribution in [0.2, 0.25) is 0 Å². The van der Waals surface area contributed by atoms with E-state index in [9.17, 15) is 14.7 Å². The molecule has 5 heteroatoms. The van der Waals surface area contributed by atoms with Gasteiger partial charge in [0.1, 0.15) is 5.56 Å². The molecule has 1 rings (SSSR count). The molecule has 0 aliphatic heterocycles. The van der Waals surface area contributed by atoms with Crippen LogP contribution in [0.15, 0.2) is 10.9 Å². The van der Waals surface area contributed by atoms with Crippen LogP contribution in [0.3, 0.4) is 0 Å². The monoisotopic (exact) mass is 252 g/mol. The second-order valence-electron chi connectivity index (χ2n) is 5.31. The standard InChI is InChI=1S/C13H20N2O3/c1-8-6-9(2)14-11(16)10(8)12(17)15(5)7-13(3,4)18/h6,18H,7H2,1-5H3,(H,14,16). The number of nitrogens with one attached hydrogen (secondary N) is 1. The van der Waals surface area contributed by atoms with E-state index in [-0.39, 0.29) is 23.6 Å². The van der Waals surface area contributed by atoms with Crippen LogP contribution >= 0.6 is 0 Å². The summed E-state index contributed by atoms with van der Waals surface area (Å²) in [5.41, 5.74) is 0.117. The van der Waals surface area contributed by atoms with Crippen LogP contribution in [-0.4, -0.2) is 40.1 Å². The zero-order valence-electron chi connectivity index (χ0n) is 11.5. The Labute approximate surface area is 106 Å². The first-order valence-electron chi connectivity index (χ1n) is 5.80. The first-order valence-corrected chi connectivity index (χ1v) is 5.80. The predicted octanol–water partition coefficient (Wildman–Crippen LogP) is 0.835. The summed E-state index contributed by atoms with van der Waals surface area (Å²) in [5.74, 6) is -0.379. The molecule has 0 aliphatic rings. The third-order valence-electron chi connectivity index (χ3n) is 2.55. The Morgan fingerprint density at radius 3 is 2.44 bits per heavy atom. The Morgan fingerprint density at radius 2 is 2.00 bits per heavy atom. The number of carbonyl (C=O) groups is 1. The minimum Gasteiger partial charge on any atom is -0.389 e. The molecule has 0 aromatic carbocycles. The SMILES string of the molecule is Cc1cc(C)c(C(=O)N(C)CC(C)(C)O)c(=O)[nH]1. The fraction of sp³-hybridized carbons (Fsp3) is 0.538. The van der Waals surface area contributed by atoms with E-state index in [4.69, 9.17) is 0 Å². The van der Waals surface area contributed by atoms with Crippen molar-refractivity contribution in [3.05, 3.63) is 33.2 Å². The number of rotatable bonds is 3. The first kappa shape index (κ1) is 14.4. The summed E-state index contributed by atoms with van der Waals surface area (Å²) < 4.78 is 0. The van der Waals surface area contributed by atoms with E-state index in [0.717, 1.165) is 5.69 Å². The van der Waals surface area contributed by atoms with E-state index in [0.29, 0.717) is 5.56 Å². The Hall–Kier alpha value is -1.62. The molecule has 2 N–H and O–H groups in total. The number of likely N-dealkylation sites (N-methyl/N-ethyl adjacent to an activating group) is 1. The maximum Gasteiger partial charge on any atom is 0.261 e. The van der Waals surface area contributed by atoms with Crippen LogP contribution < -0.4 is 5.56 Å². The molecule has 18 heavy (non-hydrogen) atoms. The molecule has 0 atom stereocenters. The Kier molecular flexibility index (Phi) is 3.96. The lowest BCUT2D eigenvalue weighted by Crippen LogP contribution is -2.41. The maximum absolute atomic E-state index is 12.2. The summed E-state index contributed by atoms with van der Waals surface area (Å²) >= 11 is 0. The summed E-state index contributed by atoms with van der Waals surface area (Å²) in [7, 11) is 1.57. The van der Waals surface area contributed by atoms with Gasteiger partial charge >= 0.3 is 0 Å². The quantitative estimate of drug-likeness (QED) is 0.837. The fourth-order valence-corrected chi connectivity index (χ4v) is 1.96. The zero-order chi connectivity index (χ0) is 14.1. The van der Waals surface area contributed by atoms with Crippen LogP contribution in [0.5, 0.6) is 0 Å². The van der Waals surface area contributed by atoms with E-state index in [1.807, 2.05) is 0 Å². The van der Waals surface area contributed by atoms with Crippen LogP contribution in [-0.2, 0) is 0 Å². The number of hydrogen-bond donors (Lipinski definition) is 2. The number of amides is 1. The van der Waals surface area contributed by atoms with Crippen molar-refractivity contribution in [2.24, 2.45) is 0 Å². The van der Waals surface area contributed by atoms with Gasteiger partial charge in [-0.25, -0.2) is 0 Å². The lowest BCUT2D eigenvalue weighted by atomic mass is 10.1. The molecule has 1 heterocycles. The number of aliphatic hydroxyl groups is 1. The van der Waals surface area contributed by atoms with Gasteiger partial charge in [-0.2, -0.15) is 0 Å². The van der Waals surface area contributed by atoms with Crippen molar-refractivity contribution in [2.45, 2.75) is 33.3 Å². The highest BCUT2D eigenvalue weighted by Crippen LogP contribution is 2.09. The van der Waals surface area contributed by atoms with Crippen LogP contribution in [0, 0.1) is 13.8 Å². The summed E-state index contributed by atoms with van der Waals surface area (Å²) in [6, 6.07) is 1.76. The first-order chi connectivity index (χ1) is 8.11. The summed E-state index contributed by atoms with van der Waals surface area (Å²) in [6.07, 6.45) is 0. The third kappa shape index (κ3) is 3.43. The second-order valence-corrected chi connectivity index (χ2v) is 5.31. The molecule has 100 valence electrons. The van der Waals surface area contributed by atoms with Gasteiger partial charge in [-0.15, -0.1) is 0 Å². The van der Waals surface area contributed by atoms with Crippen molar-refractivity contribution in [1.29, 1.82) is 0 Å². The minimum absolute atomic E-state index is 0.132. The molecular formula is C13H20N2O3. The molecule has 0 spiro atoms. The molecule has 0 fully saturated rings. The van der Waals surface area contributed by atoms with Gasteiger partial charge in [0.15, 0.2) is 0 Å². The van der Waals surface area contributed by atoms with Gasteiger partial charge in [-0.3, -0.25) is 9.59 Å². The lowest BCUT2D eigenvalue weighted by molar-refractivity contribution is 0.0366. The molecule has 5 nitrogen and oxygen atoms in total. The fourth-order valence-electron chi connectivity index (χ4n) is 1.96. The number of aromatic amines is 1. The van der Waals surface area contributed by atoms with Crippen molar-refractivity contribution in [3.8, 4) is 0 Å². The van der Waals surface area contributed by atoms with Gasteiger partial charge in [-0.1, -0.05) is 0 Å². The number of H-pyrrole nitrogens is 1. The molecule has 0 saturated carbocycles. The maximum atomic E-state index is 12.2. The van der Waals surface area contributed by atoms with Gasteiger partial charge in [0.2, 0.25) is 0 Å². The highest BCUT2D eigenvalue weighted by molar-refractivity contribution is 5.95. The Bertz CT molecular complexity index is 512. The molecule has 0 aliphatic carbocycles. The largest absolute Gasteiger partial charge is 0.389 e. The van der Waals surface area contributed by atoms with Crippen molar-refractivity contribution >= 4 is 5.91 Å². The Balaban J connectivity index is 3.09. The number of aryl methyl sites for hydroxylation is 2. The van der Waals surface area contributed by atoms with Crippen molar-refractivity contribution in [3.63, 3.8) is 0 Å². The van der Waals surface area contributed by atoms with E-state index in [1.165, 1.54) is 4.90 Å². The summed E-state index contributed by atoms with van der Waals surface area (Å²) in [5, 5.41) is 9.69. The molecule has 1 amide bonds. The summed E-state index contributed by atoms with van der Waals surface area (Å²) in [6.45, 7) is 6.89. The highest BCUT2D eigenvalue weighted by Gasteiger charge is 2.23. The molecule has 0 radical (unpaired) electrons. The third-order valence-corrected chi connectivity index (χ3v) is 2.55. The molecule has 0 unspecified atom stereocenters. The number of nitrogens with zero attached hydrogens (tertiary/aromatic N) is 1. The van der Waals surface area contributed by atoms with Crippen molar-refractivity contribution in [2.75, 3.05) is 13.6 Å². The smallest absolute Gasteiger partial charge is 0.261 e. The molecular weight excluding hydrogens is 232 g/mol. The Morgan fingerprint density at radius 1 is 1.44 bits per heavy atom. The van der Waals surface area contributed by atoms with Crippen molar-refractivity contribution < 1.29 is 9.90 Å². The van der Waals surface area contributed by atoms with Crippen LogP contribution in [0.1, 0.15) is 35.5 Å². The van der Waals surface area contributed by atoms with E-state index in [1.54, 1.807) is 40.8 Å². The summed E-state index contributed by atoms with van der Waals surface area (Å²) in [4.78, 5) is 27.9. The highest BCUT2D eigenvalue weighted by atomic mass is 16.3. The van der Waals surface area contributed by atoms with E-state index < -0.39 is 5.60 Å². The van der Waals surface area contributed by atoms with Gasteiger partial charge in [0.05, 0.1) is 5.60 Å².